The number of nitrogens with zero attached hydrogens (tertiary/aromatic N) is 3. The van der Waals surface area contributed by atoms with E-state index in [9.17, 15) is 13.2 Å². The van der Waals surface area contributed by atoms with Crippen molar-refractivity contribution in [1.82, 2.24) is 9.21 Å². The van der Waals surface area contributed by atoms with E-state index < -0.39 is 15.3 Å². The molecule has 8 heteroatoms. The van der Waals surface area contributed by atoms with Gasteiger partial charge in [0, 0.05) is 56.4 Å². The second-order valence-electron chi connectivity index (χ2n) is 8.68. The van der Waals surface area contributed by atoms with Crippen molar-refractivity contribution < 1.29 is 13.2 Å². The number of rotatable bonds is 4. The first-order chi connectivity index (χ1) is 15.3. The summed E-state index contributed by atoms with van der Waals surface area (Å²) in [5.41, 5.74) is 2.65. The third kappa shape index (κ3) is 4.65. The minimum Gasteiger partial charge on any atom is -0.368 e. The van der Waals surface area contributed by atoms with Gasteiger partial charge in [-0.05, 0) is 43.0 Å². The molecule has 0 aromatic heterocycles. The molecule has 2 aromatic carbocycles. The Kier molecular flexibility index (Phi) is 6.79. The Bertz CT molecular complexity index is 1070. The van der Waals surface area contributed by atoms with Crippen LogP contribution in [0.4, 0.5) is 5.69 Å². The molecule has 6 nitrogen and oxygen atoms in total. The van der Waals surface area contributed by atoms with Crippen LogP contribution in [0.1, 0.15) is 43.1 Å². The fourth-order valence-electron chi connectivity index (χ4n) is 4.66. The number of hydrogen-bond acceptors (Lipinski definition) is 4. The average Bonchev–Trinajstić information content (AvgIpc) is 2.78. The maximum Gasteiger partial charge on any atom is 0.221 e. The van der Waals surface area contributed by atoms with Gasteiger partial charge in [-0.25, -0.2) is 8.42 Å². The highest BCUT2D eigenvalue weighted by molar-refractivity contribution is 7.89. The Labute approximate surface area is 195 Å². The van der Waals surface area contributed by atoms with Crippen molar-refractivity contribution in [3.8, 4) is 0 Å². The zero-order chi connectivity index (χ0) is 22.9. The van der Waals surface area contributed by atoms with Crippen LogP contribution in [0.5, 0.6) is 0 Å². The molecule has 172 valence electrons. The molecule has 4 rings (SSSR count). The lowest BCUT2D eigenvalue weighted by molar-refractivity contribution is -0.129. The summed E-state index contributed by atoms with van der Waals surface area (Å²) < 4.78 is 28.6. The van der Waals surface area contributed by atoms with Crippen LogP contribution in [0.3, 0.4) is 0 Å². The molecular weight excluding hydrogens is 446 g/mol. The van der Waals surface area contributed by atoms with Crippen LogP contribution in [-0.2, 0) is 21.4 Å². The van der Waals surface area contributed by atoms with Gasteiger partial charge in [-0.2, -0.15) is 4.31 Å². The van der Waals surface area contributed by atoms with Gasteiger partial charge in [0.25, 0.3) is 0 Å². The molecular formula is C24H30ClN3O3S. The van der Waals surface area contributed by atoms with Crippen molar-refractivity contribution >= 4 is 33.2 Å². The van der Waals surface area contributed by atoms with Crippen LogP contribution < -0.4 is 4.90 Å². The van der Waals surface area contributed by atoms with Crippen molar-refractivity contribution in [3.63, 3.8) is 0 Å². The number of benzene rings is 2. The van der Waals surface area contributed by atoms with Gasteiger partial charge in [-0.15, -0.1) is 0 Å². The van der Waals surface area contributed by atoms with Crippen molar-refractivity contribution in [1.29, 1.82) is 0 Å². The van der Waals surface area contributed by atoms with Crippen LogP contribution in [0.15, 0.2) is 48.5 Å². The number of hydrogen-bond donors (Lipinski definition) is 0. The highest BCUT2D eigenvalue weighted by atomic mass is 35.5. The standard InChI is InChI=1S/C24H30ClN3O3S/c1-18-8-11-24(20-6-4-3-5-7-20)32(30,31)28(18)17-21-9-10-22(16-23(21)25)27-14-12-26(13-15-27)19(2)29/h3-7,9-10,16,18,24H,8,11-15,17H2,1-2H3. The Balaban J connectivity index is 1.51. The highest BCUT2D eigenvalue weighted by Gasteiger charge is 2.40. The minimum absolute atomic E-state index is 0.0737. The maximum absolute atomic E-state index is 13.5. The summed E-state index contributed by atoms with van der Waals surface area (Å²) in [6.45, 7) is 6.73. The molecule has 2 aliphatic heterocycles. The van der Waals surface area contributed by atoms with E-state index in [1.807, 2.05) is 60.4 Å². The Hall–Kier alpha value is -2.09. The third-order valence-electron chi connectivity index (χ3n) is 6.65. The molecule has 0 aliphatic carbocycles. The smallest absolute Gasteiger partial charge is 0.221 e. The van der Waals surface area contributed by atoms with E-state index in [1.54, 1.807) is 11.2 Å². The fourth-order valence-corrected chi connectivity index (χ4v) is 7.08. The van der Waals surface area contributed by atoms with Crippen LogP contribution in [0.25, 0.3) is 0 Å². The summed E-state index contributed by atoms with van der Waals surface area (Å²) in [7, 11) is -3.50. The number of sulfonamides is 1. The molecule has 0 saturated carbocycles. The topological polar surface area (TPSA) is 60.9 Å². The van der Waals surface area contributed by atoms with Crippen molar-refractivity contribution in [3.05, 3.63) is 64.7 Å². The Morgan fingerprint density at radius 1 is 1.03 bits per heavy atom. The van der Waals surface area contributed by atoms with Gasteiger partial charge in [0.15, 0.2) is 0 Å². The quantitative estimate of drug-likeness (QED) is 0.669. The molecule has 0 N–H and O–H groups in total. The molecule has 2 unspecified atom stereocenters. The number of carbonyl (C=O) groups is 1. The maximum atomic E-state index is 13.5. The summed E-state index contributed by atoms with van der Waals surface area (Å²) in [6.07, 6.45) is 1.44. The van der Waals surface area contributed by atoms with E-state index >= 15 is 0 Å². The van der Waals surface area contributed by atoms with Gasteiger partial charge in [-0.1, -0.05) is 48.0 Å². The summed E-state index contributed by atoms with van der Waals surface area (Å²) in [5.74, 6) is 0.101. The molecule has 2 fully saturated rings. The molecule has 0 bridgehead atoms. The number of amides is 1. The second kappa shape index (κ2) is 9.41. The zero-order valence-corrected chi connectivity index (χ0v) is 20.1. The van der Waals surface area contributed by atoms with Crippen molar-refractivity contribution in [2.24, 2.45) is 0 Å². The van der Waals surface area contributed by atoms with E-state index in [0.717, 1.165) is 36.3 Å². The minimum atomic E-state index is -3.50. The Morgan fingerprint density at radius 2 is 1.72 bits per heavy atom. The van der Waals surface area contributed by atoms with Gasteiger partial charge in [0.1, 0.15) is 5.25 Å². The lowest BCUT2D eigenvalue weighted by Crippen LogP contribution is -2.48. The van der Waals surface area contributed by atoms with Crippen LogP contribution in [0, 0.1) is 0 Å². The van der Waals surface area contributed by atoms with Gasteiger partial charge < -0.3 is 9.80 Å². The predicted molar refractivity (Wildman–Crippen MR) is 128 cm³/mol. The molecule has 2 saturated heterocycles. The average molecular weight is 476 g/mol. The van der Waals surface area contributed by atoms with E-state index in [4.69, 9.17) is 11.6 Å². The first-order valence-electron chi connectivity index (χ1n) is 11.1. The van der Waals surface area contributed by atoms with E-state index in [1.165, 1.54) is 0 Å². The highest BCUT2D eigenvalue weighted by Crippen LogP contribution is 2.39. The summed E-state index contributed by atoms with van der Waals surface area (Å²) in [5, 5.41) is 0.0521. The number of anilines is 1. The zero-order valence-electron chi connectivity index (χ0n) is 18.6. The van der Waals surface area contributed by atoms with Crippen molar-refractivity contribution in [2.45, 2.75) is 44.5 Å². The molecule has 2 heterocycles. The molecule has 2 aliphatic rings. The first-order valence-corrected chi connectivity index (χ1v) is 13.0. The number of piperazine rings is 1. The second-order valence-corrected chi connectivity index (χ2v) is 11.2. The van der Waals surface area contributed by atoms with E-state index in [-0.39, 0.29) is 18.5 Å². The third-order valence-corrected chi connectivity index (χ3v) is 9.37. The Morgan fingerprint density at radius 3 is 2.34 bits per heavy atom. The van der Waals surface area contributed by atoms with E-state index in [2.05, 4.69) is 4.90 Å². The molecule has 0 spiro atoms. The monoisotopic (exact) mass is 475 g/mol. The number of carbonyl (C=O) groups excluding carboxylic acids is 1. The summed E-state index contributed by atoms with van der Waals surface area (Å²) >= 11 is 6.63. The van der Waals surface area contributed by atoms with Crippen LogP contribution in [-0.4, -0.2) is 55.8 Å². The first kappa shape index (κ1) is 23.1. The molecule has 0 radical (unpaired) electrons. The van der Waals surface area contributed by atoms with Gasteiger partial charge >= 0.3 is 0 Å². The fraction of sp³-hybridized carbons (Fsp3) is 0.458. The van der Waals surface area contributed by atoms with E-state index in [0.29, 0.717) is 24.5 Å². The van der Waals surface area contributed by atoms with Gasteiger partial charge in [0.2, 0.25) is 15.9 Å². The van der Waals surface area contributed by atoms with Gasteiger partial charge in [0.05, 0.1) is 0 Å². The largest absolute Gasteiger partial charge is 0.368 e. The normalized spacial score (nSPS) is 23.8. The van der Waals surface area contributed by atoms with Crippen molar-refractivity contribution in [2.75, 3.05) is 31.1 Å². The lowest BCUT2D eigenvalue weighted by atomic mass is 10.0. The summed E-state index contributed by atoms with van der Waals surface area (Å²) in [4.78, 5) is 15.6. The SMILES string of the molecule is CC(=O)N1CCN(c2ccc(CN3C(C)CCC(c4ccccc4)S3(=O)=O)c(Cl)c2)CC1. The van der Waals surface area contributed by atoms with Crippen LogP contribution in [0.2, 0.25) is 5.02 Å². The lowest BCUT2D eigenvalue weighted by Gasteiger charge is -2.38. The van der Waals surface area contributed by atoms with Crippen LogP contribution >= 0.6 is 11.6 Å². The molecule has 32 heavy (non-hydrogen) atoms. The molecule has 2 aromatic rings. The number of halogens is 1. The molecule has 2 atom stereocenters. The molecule has 1 amide bonds. The predicted octanol–water partition coefficient (Wildman–Crippen LogP) is 4.06. The van der Waals surface area contributed by atoms with Gasteiger partial charge in [-0.3, -0.25) is 4.79 Å². The summed E-state index contributed by atoms with van der Waals surface area (Å²) in [6, 6.07) is 15.2.